The second-order valence-electron chi connectivity index (χ2n) is 12.1. The van der Waals surface area contributed by atoms with Crippen molar-refractivity contribution in [3.63, 3.8) is 0 Å². The molecule has 0 bridgehead atoms. The molecule has 8 aromatic carbocycles. The molecule has 2 heterocycles. The molecular weight excluding hydrogens is 591 g/mol. The fourth-order valence-electron chi connectivity index (χ4n) is 7.21. The summed E-state index contributed by atoms with van der Waals surface area (Å²) in [4.78, 5) is 2.36. The first-order valence-electron chi connectivity index (χ1n) is 15.9. The molecule has 0 aliphatic rings. The van der Waals surface area contributed by atoms with Gasteiger partial charge in [0.2, 0.25) is 0 Å². The van der Waals surface area contributed by atoms with Gasteiger partial charge in [0, 0.05) is 53.4 Å². The van der Waals surface area contributed by atoms with Crippen LogP contribution < -0.4 is 4.90 Å². The minimum absolute atomic E-state index is 0.934. The van der Waals surface area contributed by atoms with Crippen LogP contribution in [0.3, 0.4) is 0 Å². The molecule has 0 radical (unpaired) electrons. The number of rotatable bonds is 4. The van der Waals surface area contributed by atoms with E-state index in [0.717, 1.165) is 33.6 Å². The molecule has 0 fully saturated rings. The van der Waals surface area contributed by atoms with Gasteiger partial charge < -0.3 is 9.32 Å². The quantitative estimate of drug-likeness (QED) is 0.195. The van der Waals surface area contributed by atoms with Gasteiger partial charge in [0.15, 0.2) is 0 Å². The number of hydrogen-bond acceptors (Lipinski definition) is 3. The van der Waals surface area contributed by atoms with Gasteiger partial charge in [-0.2, -0.15) is 0 Å². The van der Waals surface area contributed by atoms with Gasteiger partial charge in [-0.3, -0.25) is 0 Å². The number of fused-ring (bicyclic) bond motifs is 10. The van der Waals surface area contributed by atoms with Crippen LogP contribution in [0.5, 0.6) is 0 Å². The molecule has 10 rings (SSSR count). The van der Waals surface area contributed by atoms with Crippen molar-refractivity contribution in [1.29, 1.82) is 0 Å². The summed E-state index contributed by atoms with van der Waals surface area (Å²) >= 11 is 1.85. The Labute approximate surface area is 275 Å². The maximum atomic E-state index is 6.54. The zero-order valence-corrected chi connectivity index (χ0v) is 26.2. The largest absolute Gasteiger partial charge is 0.455 e. The summed E-state index contributed by atoms with van der Waals surface area (Å²) in [6.45, 7) is 0. The highest BCUT2D eigenvalue weighted by atomic mass is 32.1. The van der Waals surface area contributed by atoms with E-state index >= 15 is 0 Å². The third kappa shape index (κ3) is 4.17. The monoisotopic (exact) mass is 617 g/mol. The predicted octanol–water partition coefficient (Wildman–Crippen LogP) is 13.4. The Hall–Kier alpha value is -5.90. The molecule has 10 aromatic rings. The number of para-hydroxylation sites is 1. The first-order valence-corrected chi connectivity index (χ1v) is 16.7. The van der Waals surface area contributed by atoms with Crippen LogP contribution in [0.1, 0.15) is 0 Å². The van der Waals surface area contributed by atoms with Gasteiger partial charge in [0.05, 0.1) is 0 Å². The number of thiophene rings is 1. The van der Waals surface area contributed by atoms with Crippen LogP contribution >= 0.6 is 11.3 Å². The summed E-state index contributed by atoms with van der Waals surface area (Å²) in [6, 6.07) is 59.0. The van der Waals surface area contributed by atoms with Crippen molar-refractivity contribution < 1.29 is 4.42 Å². The molecule has 0 aliphatic heterocycles. The van der Waals surface area contributed by atoms with Gasteiger partial charge in [-0.15, -0.1) is 11.3 Å². The second kappa shape index (κ2) is 10.3. The van der Waals surface area contributed by atoms with E-state index in [0.29, 0.717) is 0 Å². The Bertz CT molecular complexity index is 2810. The van der Waals surface area contributed by atoms with Crippen LogP contribution in [0.25, 0.3) is 74.8 Å². The molecule has 0 saturated carbocycles. The maximum Gasteiger partial charge on any atom is 0.143 e. The number of benzene rings is 8. The van der Waals surface area contributed by atoms with Crippen molar-refractivity contribution in [2.75, 3.05) is 4.90 Å². The molecule has 2 nitrogen and oxygen atoms in total. The highest BCUT2D eigenvalue weighted by molar-refractivity contribution is 7.26. The van der Waals surface area contributed by atoms with Crippen molar-refractivity contribution in [1.82, 2.24) is 0 Å². The Morgan fingerprint density at radius 1 is 0.404 bits per heavy atom. The molecule has 0 atom stereocenters. The van der Waals surface area contributed by atoms with E-state index in [2.05, 4.69) is 169 Å². The lowest BCUT2D eigenvalue weighted by molar-refractivity contribution is 0.673. The van der Waals surface area contributed by atoms with Crippen LogP contribution in [-0.4, -0.2) is 0 Å². The molecule has 2 aromatic heterocycles. The van der Waals surface area contributed by atoms with E-state index in [1.54, 1.807) is 0 Å². The fourth-order valence-corrected chi connectivity index (χ4v) is 8.35. The van der Waals surface area contributed by atoms with Gasteiger partial charge in [-0.25, -0.2) is 0 Å². The second-order valence-corrected chi connectivity index (χ2v) is 13.2. The Kier molecular flexibility index (Phi) is 5.78. The first-order chi connectivity index (χ1) is 23.3. The molecule has 0 N–H and O–H groups in total. The summed E-state index contributed by atoms with van der Waals surface area (Å²) in [5.74, 6) is 0. The predicted molar refractivity (Wildman–Crippen MR) is 202 cm³/mol. The van der Waals surface area contributed by atoms with Crippen molar-refractivity contribution in [2.24, 2.45) is 0 Å². The molecule has 0 saturated heterocycles. The molecule has 0 unspecified atom stereocenters. The van der Waals surface area contributed by atoms with Gasteiger partial charge in [0.25, 0.3) is 0 Å². The van der Waals surface area contributed by atoms with Crippen LogP contribution in [-0.2, 0) is 0 Å². The van der Waals surface area contributed by atoms with Crippen LogP contribution in [0, 0.1) is 0 Å². The third-order valence-corrected chi connectivity index (χ3v) is 10.5. The fraction of sp³-hybridized carbons (Fsp3) is 0. The van der Waals surface area contributed by atoms with Crippen molar-refractivity contribution in [3.05, 3.63) is 164 Å². The minimum Gasteiger partial charge on any atom is -0.455 e. The molecule has 0 aliphatic carbocycles. The molecule has 0 amide bonds. The van der Waals surface area contributed by atoms with E-state index in [-0.39, 0.29) is 0 Å². The van der Waals surface area contributed by atoms with Crippen LogP contribution in [0.2, 0.25) is 0 Å². The lowest BCUT2D eigenvalue weighted by Gasteiger charge is -2.26. The number of anilines is 3. The normalized spacial score (nSPS) is 11.8. The van der Waals surface area contributed by atoms with Gasteiger partial charge >= 0.3 is 0 Å². The smallest absolute Gasteiger partial charge is 0.143 e. The lowest BCUT2D eigenvalue weighted by atomic mass is 10.0. The number of hydrogen-bond donors (Lipinski definition) is 0. The summed E-state index contributed by atoms with van der Waals surface area (Å²) in [5.41, 5.74) is 7.68. The average molecular weight is 618 g/mol. The van der Waals surface area contributed by atoms with Crippen molar-refractivity contribution in [2.45, 2.75) is 0 Å². The lowest BCUT2D eigenvalue weighted by Crippen LogP contribution is -2.09. The maximum absolute atomic E-state index is 6.54. The topological polar surface area (TPSA) is 16.4 Å². The van der Waals surface area contributed by atoms with Gasteiger partial charge in [-0.05, 0) is 87.9 Å². The third-order valence-electron chi connectivity index (χ3n) is 9.40. The summed E-state index contributed by atoms with van der Waals surface area (Å²) in [5, 5.41) is 9.75. The molecule has 220 valence electrons. The number of nitrogens with zero attached hydrogens (tertiary/aromatic N) is 1. The number of furan rings is 1. The standard InChI is InChI=1S/C44H27NOS/c1-2-13-33(14-3-1)45(34-15-8-12-31(26-34)32-18-17-28-9-4-5-11-30(28)25-32)35-20-22-37-41(27-35)47-40-24-23-39-42(43(37)40)38-21-19-29-10-6-7-16-36(29)44(38)46-39/h1-27H. The highest BCUT2D eigenvalue weighted by Crippen LogP contribution is 2.46. The van der Waals surface area contributed by atoms with E-state index in [1.807, 2.05) is 11.3 Å². The Morgan fingerprint density at radius 2 is 1.13 bits per heavy atom. The first kappa shape index (κ1) is 26.3. The average Bonchev–Trinajstić information content (AvgIpc) is 3.70. The zero-order valence-electron chi connectivity index (χ0n) is 25.4. The van der Waals surface area contributed by atoms with E-state index < -0.39 is 0 Å². The van der Waals surface area contributed by atoms with Crippen molar-refractivity contribution in [3.8, 4) is 11.1 Å². The zero-order chi connectivity index (χ0) is 30.9. The van der Waals surface area contributed by atoms with E-state index in [1.165, 1.54) is 58.2 Å². The summed E-state index contributed by atoms with van der Waals surface area (Å²) in [7, 11) is 0. The van der Waals surface area contributed by atoms with Gasteiger partial charge in [-0.1, -0.05) is 103 Å². The summed E-state index contributed by atoms with van der Waals surface area (Å²) < 4.78 is 9.06. The molecule has 0 spiro atoms. The van der Waals surface area contributed by atoms with E-state index in [9.17, 15) is 0 Å². The molecular formula is C44H27NOS. The Balaban J connectivity index is 1.15. The summed E-state index contributed by atoms with van der Waals surface area (Å²) in [6.07, 6.45) is 0. The van der Waals surface area contributed by atoms with Crippen molar-refractivity contribution >= 4 is 92.1 Å². The van der Waals surface area contributed by atoms with Crippen LogP contribution in [0.4, 0.5) is 17.1 Å². The van der Waals surface area contributed by atoms with Crippen LogP contribution in [0.15, 0.2) is 168 Å². The SMILES string of the molecule is c1ccc(N(c2cccc(-c3ccc4ccccc4c3)c2)c2ccc3c(c2)sc2ccc4oc5c6ccccc6ccc5c4c23)cc1. The van der Waals surface area contributed by atoms with E-state index in [4.69, 9.17) is 4.42 Å². The minimum atomic E-state index is 0.934. The Morgan fingerprint density at radius 3 is 2.04 bits per heavy atom. The highest BCUT2D eigenvalue weighted by Gasteiger charge is 2.19. The molecule has 47 heavy (non-hydrogen) atoms. The molecule has 3 heteroatoms. The van der Waals surface area contributed by atoms with Gasteiger partial charge in [0.1, 0.15) is 11.2 Å².